The maximum Gasteiger partial charge on any atom is 0.284 e. The summed E-state index contributed by atoms with van der Waals surface area (Å²) in [4.78, 5) is 17.9. The van der Waals surface area contributed by atoms with E-state index in [0.717, 1.165) is 11.7 Å². The fourth-order valence-corrected chi connectivity index (χ4v) is 2.89. The minimum absolute atomic E-state index is 0.327. The van der Waals surface area contributed by atoms with E-state index in [2.05, 4.69) is 22.2 Å². The molecular formula is C10H16N4OS. The van der Waals surface area contributed by atoms with E-state index >= 15 is 0 Å². The topological polar surface area (TPSA) is 71.2 Å². The number of hydrazine groups is 1. The van der Waals surface area contributed by atoms with E-state index in [-0.39, 0.29) is 5.91 Å². The number of amides is 1. The fraction of sp³-hybridized carbons (Fsp3) is 0.600. The Morgan fingerprint density at radius 1 is 1.69 bits per heavy atom. The Morgan fingerprint density at radius 2 is 2.50 bits per heavy atom. The molecule has 0 aromatic carbocycles. The first-order chi connectivity index (χ1) is 7.72. The van der Waals surface area contributed by atoms with Gasteiger partial charge in [0.1, 0.15) is 5.69 Å². The lowest BCUT2D eigenvalue weighted by molar-refractivity contribution is 0.0949. The predicted molar refractivity (Wildman–Crippen MR) is 64.4 cm³/mol. The lowest BCUT2D eigenvalue weighted by Gasteiger charge is -2.32. The van der Waals surface area contributed by atoms with Gasteiger partial charge in [-0.25, -0.2) is 10.8 Å². The third-order valence-corrected chi connectivity index (χ3v) is 3.78. The summed E-state index contributed by atoms with van der Waals surface area (Å²) in [6.45, 7) is 3.22. The monoisotopic (exact) mass is 240 g/mol. The molecule has 0 spiro atoms. The molecule has 1 aromatic heterocycles. The lowest BCUT2D eigenvalue weighted by Crippen LogP contribution is -2.37. The highest BCUT2D eigenvalue weighted by Gasteiger charge is 2.22. The third kappa shape index (κ3) is 2.17. The maximum absolute atomic E-state index is 11.3. The Hall–Kier alpha value is -1.14. The number of nitrogens with one attached hydrogen (secondary N) is 1. The van der Waals surface area contributed by atoms with Gasteiger partial charge in [0, 0.05) is 18.0 Å². The van der Waals surface area contributed by atoms with Gasteiger partial charge in [-0.3, -0.25) is 10.2 Å². The highest BCUT2D eigenvalue weighted by molar-refractivity contribution is 7.13. The average Bonchev–Trinajstić information content (AvgIpc) is 2.78. The van der Waals surface area contributed by atoms with Gasteiger partial charge in [0.25, 0.3) is 5.91 Å². The summed E-state index contributed by atoms with van der Waals surface area (Å²) in [5.74, 6) is 4.74. The molecule has 3 N–H and O–H groups in total. The van der Waals surface area contributed by atoms with Gasteiger partial charge in [0.15, 0.2) is 5.13 Å². The molecule has 1 aliphatic rings. The molecule has 16 heavy (non-hydrogen) atoms. The van der Waals surface area contributed by atoms with Crippen molar-refractivity contribution >= 4 is 22.4 Å². The molecule has 0 aliphatic carbocycles. The van der Waals surface area contributed by atoms with Crippen LogP contribution in [0, 0.1) is 0 Å². The van der Waals surface area contributed by atoms with Crippen molar-refractivity contribution in [3.05, 3.63) is 11.1 Å². The SMILES string of the molecule is CC1CCCCN1c1nc(C(=O)NN)cs1. The summed E-state index contributed by atoms with van der Waals surface area (Å²) in [6.07, 6.45) is 3.67. The second-order valence-electron chi connectivity index (χ2n) is 4.03. The number of nitrogens with zero attached hydrogens (tertiary/aromatic N) is 2. The number of piperidine rings is 1. The van der Waals surface area contributed by atoms with Crippen LogP contribution >= 0.6 is 11.3 Å². The van der Waals surface area contributed by atoms with Crippen molar-refractivity contribution in [3.63, 3.8) is 0 Å². The molecule has 6 heteroatoms. The predicted octanol–water partition coefficient (Wildman–Crippen LogP) is 1.13. The normalized spacial score (nSPS) is 20.9. The number of thiazole rings is 1. The van der Waals surface area contributed by atoms with Crippen LogP contribution in [0.4, 0.5) is 5.13 Å². The molecule has 1 atom stereocenters. The number of hydrogen-bond acceptors (Lipinski definition) is 5. The van der Waals surface area contributed by atoms with Crippen LogP contribution in [0.25, 0.3) is 0 Å². The molecule has 1 unspecified atom stereocenters. The van der Waals surface area contributed by atoms with E-state index in [4.69, 9.17) is 5.84 Å². The van der Waals surface area contributed by atoms with Crippen molar-refractivity contribution in [2.45, 2.75) is 32.2 Å². The second kappa shape index (κ2) is 4.80. The number of carbonyl (C=O) groups excluding carboxylic acids is 1. The zero-order valence-electron chi connectivity index (χ0n) is 9.27. The Labute approximate surface area is 98.6 Å². The van der Waals surface area contributed by atoms with Crippen molar-refractivity contribution in [1.82, 2.24) is 10.4 Å². The molecular weight excluding hydrogens is 224 g/mol. The largest absolute Gasteiger partial charge is 0.345 e. The van der Waals surface area contributed by atoms with Gasteiger partial charge in [-0.2, -0.15) is 0 Å². The van der Waals surface area contributed by atoms with Gasteiger partial charge >= 0.3 is 0 Å². The summed E-state index contributed by atoms with van der Waals surface area (Å²) >= 11 is 1.50. The molecule has 1 amide bonds. The van der Waals surface area contributed by atoms with Crippen LogP contribution in [0.3, 0.4) is 0 Å². The summed E-state index contributed by atoms with van der Waals surface area (Å²) in [5, 5.41) is 2.67. The Balaban J connectivity index is 2.14. The molecule has 0 radical (unpaired) electrons. The minimum Gasteiger partial charge on any atom is -0.345 e. The first-order valence-corrected chi connectivity index (χ1v) is 6.33. The number of nitrogens with two attached hydrogens (primary N) is 1. The molecule has 2 rings (SSSR count). The van der Waals surface area contributed by atoms with Crippen LogP contribution in [-0.2, 0) is 0 Å². The molecule has 88 valence electrons. The molecule has 1 fully saturated rings. The van der Waals surface area contributed by atoms with Crippen LogP contribution in [0.2, 0.25) is 0 Å². The van der Waals surface area contributed by atoms with Crippen LogP contribution in [0.1, 0.15) is 36.7 Å². The first kappa shape index (κ1) is 11.3. The van der Waals surface area contributed by atoms with Gasteiger partial charge in [0.05, 0.1) is 0 Å². The number of aromatic nitrogens is 1. The van der Waals surface area contributed by atoms with E-state index in [1.165, 1.54) is 30.6 Å². The summed E-state index contributed by atoms with van der Waals surface area (Å²) in [6, 6.07) is 0.508. The average molecular weight is 240 g/mol. The van der Waals surface area contributed by atoms with E-state index < -0.39 is 0 Å². The zero-order valence-corrected chi connectivity index (χ0v) is 10.1. The van der Waals surface area contributed by atoms with Crippen LogP contribution in [-0.4, -0.2) is 23.5 Å². The molecule has 5 nitrogen and oxygen atoms in total. The van der Waals surface area contributed by atoms with Gasteiger partial charge < -0.3 is 4.90 Å². The van der Waals surface area contributed by atoms with E-state index in [1.54, 1.807) is 5.38 Å². The maximum atomic E-state index is 11.3. The number of anilines is 1. The summed E-state index contributed by atoms with van der Waals surface area (Å²) < 4.78 is 0. The molecule has 2 heterocycles. The van der Waals surface area contributed by atoms with Gasteiger partial charge in [-0.05, 0) is 26.2 Å². The molecule has 0 bridgehead atoms. The standard InChI is InChI=1S/C10H16N4OS/c1-7-4-2-3-5-14(7)10-12-8(6-16-10)9(15)13-11/h6-7H,2-5,11H2,1H3,(H,13,15). The second-order valence-corrected chi connectivity index (χ2v) is 4.86. The van der Waals surface area contributed by atoms with E-state index in [9.17, 15) is 4.79 Å². The van der Waals surface area contributed by atoms with Gasteiger partial charge in [0.2, 0.25) is 0 Å². The minimum atomic E-state index is -0.327. The molecule has 0 saturated carbocycles. The molecule has 1 aromatic rings. The van der Waals surface area contributed by atoms with E-state index in [1.807, 2.05) is 0 Å². The Morgan fingerprint density at radius 3 is 3.19 bits per heavy atom. The number of hydrogen-bond donors (Lipinski definition) is 2. The number of rotatable bonds is 2. The quantitative estimate of drug-likeness (QED) is 0.462. The van der Waals surface area contributed by atoms with E-state index in [0.29, 0.717) is 11.7 Å². The van der Waals surface area contributed by atoms with Crippen molar-refractivity contribution in [2.24, 2.45) is 5.84 Å². The number of carbonyl (C=O) groups is 1. The van der Waals surface area contributed by atoms with Gasteiger partial charge in [-0.1, -0.05) is 0 Å². The van der Waals surface area contributed by atoms with Crippen molar-refractivity contribution in [2.75, 3.05) is 11.4 Å². The first-order valence-electron chi connectivity index (χ1n) is 5.45. The van der Waals surface area contributed by atoms with Crippen LogP contribution < -0.4 is 16.2 Å². The summed E-state index contributed by atoms with van der Waals surface area (Å²) in [7, 11) is 0. The highest BCUT2D eigenvalue weighted by atomic mass is 32.1. The Bertz CT molecular complexity index is 379. The zero-order chi connectivity index (χ0) is 11.5. The highest BCUT2D eigenvalue weighted by Crippen LogP contribution is 2.27. The molecule has 1 aliphatic heterocycles. The van der Waals surface area contributed by atoms with Crippen LogP contribution in [0.15, 0.2) is 5.38 Å². The smallest absolute Gasteiger partial charge is 0.284 e. The van der Waals surface area contributed by atoms with Crippen molar-refractivity contribution < 1.29 is 4.79 Å². The summed E-state index contributed by atoms with van der Waals surface area (Å²) in [5.41, 5.74) is 2.50. The number of nitrogen functional groups attached to an aromatic ring is 1. The van der Waals surface area contributed by atoms with Crippen LogP contribution in [0.5, 0.6) is 0 Å². The van der Waals surface area contributed by atoms with Gasteiger partial charge in [-0.15, -0.1) is 11.3 Å². The van der Waals surface area contributed by atoms with Crippen molar-refractivity contribution in [3.8, 4) is 0 Å². The third-order valence-electron chi connectivity index (χ3n) is 2.90. The fourth-order valence-electron chi connectivity index (χ4n) is 1.96. The van der Waals surface area contributed by atoms with Crippen molar-refractivity contribution in [1.29, 1.82) is 0 Å². The Kier molecular flexibility index (Phi) is 3.40. The molecule has 1 saturated heterocycles. The lowest BCUT2D eigenvalue weighted by atomic mass is 10.1.